The van der Waals surface area contributed by atoms with Gasteiger partial charge in [0.05, 0.1) is 13.7 Å². The summed E-state index contributed by atoms with van der Waals surface area (Å²) in [5, 5.41) is 5.89. The van der Waals surface area contributed by atoms with E-state index in [1.54, 1.807) is 31.5 Å². The lowest BCUT2D eigenvalue weighted by Gasteiger charge is -2.09. The molecule has 1 aromatic carbocycles. The van der Waals surface area contributed by atoms with Crippen LogP contribution in [0.25, 0.3) is 0 Å². The van der Waals surface area contributed by atoms with E-state index in [1.807, 2.05) is 24.3 Å². The third kappa shape index (κ3) is 5.31. The molecular weight excluding hydrogens is 306 g/mol. The highest BCUT2D eigenvalue weighted by Gasteiger charge is 2.07. The summed E-state index contributed by atoms with van der Waals surface area (Å²) >= 11 is 0. The summed E-state index contributed by atoms with van der Waals surface area (Å²) in [6.45, 7) is 5.02. The molecule has 6 heteroatoms. The molecule has 0 unspecified atom stereocenters. The van der Waals surface area contributed by atoms with Crippen LogP contribution < -0.4 is 20.1 Å². The van der Waals surface area contributed by atoms with Crippen LogP contribution in [0.3, 0.4) is 0 Å². The molecule has 6 nitrogen and oxygen atoms in total. The number of aromatic nitrogens is 1. The first kappa shape index (κ1) is 17.3. The number of carbonyl (C=O) groups excluding carboxylic acids is 1. The molecule has 126 valence electrons. The second-order valence-electron chi connectivity index (χ2n) is 4.88. The summed E-state index contributed by atoms with van der Waals surface area (Å²) in [5.74, 6) is 1.25. The van der Waals surface area contributed by atoms with E-state index in [0.717, 1.165) is 17.2 Å². The van der Waals surface area contributed by atoms with Gasteiger partial charge in [-0.1, -0.05) is 6.08 Å². The first-order valence-corrected chi connectivity index (χ1v) is 7.59. The Bertz CT molecular complexity index is 671. The van der Waals surface area contributed by atoms with Crippen LogP contribution in [0.2, 0.25) is 0 Å². The van der Waals surface area contributed by atoms with Crippen molar-refractivity contribution in [3.05, 3.63) is 60.9 Å². The van der Waals surface area contributed by atoms with Gasteiger partial charge in [-0.15, -0.1) is 6.58 Å². The Morgan fingerprint density at radius 1 is 1.25 bits per heavy atom. The Kier molecular flexibility index (Phi) is 6.64. The highest BCUT2D eigenvalue weighted by Crippen LogP contribution is 2.16. The maximum atomic E-state index is 12.1. The third-order valence-corrected chi connectivity index (χ3v) is 3.16. The minimum atomic E-state index is -0.240. The van der Waals surface area contributed by atoms with Gasteiger partial charge in [0.25, 0.3) is 5.91 Å². The number of rotatable bonds is 9. The molecule has 0 atom stereocenters. The lowest BCUT2D eigenvalue weighted by molar-refractivity contribution is 0.0942. The highest BCUT2D eigenvalue weighted by molar-refractivity contribution is 5.93. The summed E-state index contributed by atoms with van der Waals surface area (Å²) in [7, 11) is 1.61. The fraction of sp³-hybridized carbons (Fsp3) is 0.222. The minimum Gasteiger partial charge on any atom is -0.497 e. The van der Waals surface area contributed by atoms with Crippen LogP contribution in [0.5, 0.6) is 11.5 Å². The zero-order chi connectivity index (χ0) is 17.2. The van der Waals surface area contributed by atoms with Crippen molar-refractivity contribution in [2.45, 2.75) is 0 Å². The number of ether oxygens (including phenoxy) is 2. The average molecular weight is 327 g/mol. The van der Waals surface area contributed by atoms with Crippen LogP contribution >= 0.6 is 0 Å². The van der Waals surface area contributed by atoms with E-state index in [1.165, 1.54) is 0 Å². The summed E-state index contributed by atoms with van der Waals surface area (Å²) in [5.41, 5.74) is 1.18. The van der Waals surface area contributed by atoms with Crippen molar-refractivity contribution < 1.29 is 14.3 Å². The number of nitrogens with zero attached hydrogens (tertiary/aromatic N) is 1. The van der Waals surface area contributed by atoms with Crippen molar-refractivity contribution in [1.29, 1.82) is 0 Å². The number of pyridine rings is 1. The lowest BCUT2D eigenvalue weighted by Crippen LogP contribution is -2.28. The predicted molar refractivity (Wildman–Crippen MR) is 93.7 cm³/mol. The molecule has 0 aliphatic heterocycles. The maximum absolute atomic E-state index is 12.1. The quantitative estimate of drug-likeness (QED) is 0.547. The summed E-state index contributed by atoms with van der Waals surface area (Å²) in [6.07, 6.45) is 3.34. The first-order chi connectivity index (χ1) is 11.7. The van der Waals surface area contributed by atoms with Crippen LogP contribution in [0, 0.1) is 0 Å². The lowest BCUT2D eigenvalue weighted by atomic mass is 10.3. The number of anilines is 1. The van der Waals surface area contributed by atoms with E-state index in [4.69, 9.17) is 9.47 Å². The molecule has 1 aromatic heterocycles. The first-order valence-electron chi connectivity index (χ1n) is 7.59. The van der Waals surface area contributed by atoms with E-state index in [-0.39, 0.29) is 5.91 Å². The van der Waals surface area contributed by atoms with E-state index >= 15 is 0 Å². The Morgan fingerprint density at radius 3 is 2.71 bits per heavy atom. The van der Waals surface area contributed by atoms with Crippen LogP contribution in [-0.2, 0) is 0 Å². The summed E-state index contributed by atoms with van der Waals surface area (Å²) < 4.78 is 10.6. The summed E-state index contributed by atoms with van der Waals surface area (Å²) in [4.78, 5) is 16.1. The van der Waals surface area contributed by atoms with Crippen molar-refractivity contribution in [1.82, 2.24) is 10.3 Å². The van der Waals surface area contributed by atoms with Crippen molar-refractivity contribution >= 4 is 11.6 Å². The fourth-order valence-corrected chi connectivity index (χ4v) is 1.95. The molecule has 0 spiro atoms. The monoisotopic (exact) mass is 327 g/mol. The van der Waals surface area contributed by atoms with E-state index < -0.39 is 0 Å². The Morgan fingerprint density at radius 2 is 2.00 bits per heavy atom. The van der Waals surface area contributed by atoms with Gasteiger partial charge in [0.15, 0.2) is 0 Å². The molecule has 0 saturated carbocycles. The molecule has 0 fully saturated rings. The normalized spacial score (nSPS) is 9.88. The van der Waals surface area contributed by atoms with Gasteiger partial charge < -0.3 is 20.1 Å². The second kappa shape index (κ2) is 9.19. The summed E-state index contributed by atoms with van der Waals surface area (Å²) in [6, 6.07) is 10.8. The van der Waals surface area contributed by atoms with Crippen molar-refractivity contribution in [2.24, 2.45) is 0 Å². The Labute approximate surface area is 141 Å². The fourth-order valence-electron chi connectivity index (χ4n) is 1.95. The predicted octanol–water partition coefficient (Wildman–Crippen LogP) is 2.50. The average Bonchev–Trinajstić information content (AvgIpc) is 2.64. The van der Waals surface area contributed by atoms with Gasteiger partial charge >= 0.3 is 0 Å². The number of benzene rings is 1. The molecule has 0 radical (unpaired) electrons. The van der Waals surface area contributed by atoms with E-state index in [2.05, 4.69) is 22.2 Å². The Hall–Kier alpha value is -3.02. The zero-order valence-corrected chi connectivity index (χ0v) is 13.6. The molecule has 0 bridgehead atoms. The number of nitrogens with one attached hydrogen (secondary N) is 2. The van der Waals surface area contributed by atoms with Crippen molar-refractivity contribution in [3.63, 3.8) is 0 Å². The van der Waals surface area contributed by atoms with Gasteiger partial charge in [0.2, 0.25) is 0 Å². The molecule has 1 amide bonds. The van der Waals surface area contributed by atoms with Crippen molar-refractivity contribution in [2.75, 3.05) is 32.1 Å². The van der Waals surface area contributed by atoms with E-state index in [9.17, 15) is 4.79 Å². The standard InChI is InChI=1S/C18H21N3O3/c1-3-9-19-14-8-10-20-17(13-14)18(22)21-11-12-24-16-6-4-15(23-2)5-7-16/h3-8,10,13H,1,9,11-12H2,2H3,(H,19,20)(H,21,22). The number of methoxy groups -OCH3 is 1. The number of amides is 1. The molecule has 0 aliphatic carbocycles. The van der Waals surface area contributed by atoms with Gasteiger partial charge in [-0.3, -0.25) is 9.78 Å². The molecule has 2 N–H and O–H groups in total. The molecular formula is C18H21N3O3. The van der Waals surface area contributed by atoms with Crippen molar-refractivity contribution in [3.8, 4) is 11.5 Å². The highest BCUT2D eigenvalue weighted by atomic mass is 16.5. The van der Waals surface area contributed by atoms with Gasteiger partial charge in [-0.05, 0) is 36.4 Å². The zero-order valence-electron chi connectivity index (χ0n) is 13.6. The molecule has 1 heterocycles. The molecule has 2 aromatic rings. The second-order valence-corrected chi connectivity index (χ2v) is 4.88. The smallest absolute Gasteiger partial charge is 0.270 e. The van der Waals surface area contributed by atoms with Crippen LogP contribution in [0.4, 0.5) is 5.69 Å². The van der Waals surface area contributed by atoms with Crippen LogP contribution in [0.15, 0.2) is 55.3 Å². The van der Waals surface area contributed by atoms with E-state index in [0.29, 0.717) is 25.4 Å². The topological polar surface area (TPSA) is 72.5 Å². The largest absolute Gasteiger partial charge is 0.497 e. The maximum Gasteiger partial charge on any atom is 0.270 e. The Balaban J connectivity index is 1.77. The van der Waals surface area contributed by atoms with Crippen LogP contribution in [-0.4, -0.2) is 37.7 Å². The molecule has 0 saturated heterocycles. The molecule has 0 aliphatic rings. The van der Waals surface area contributed by atoms with Gasteiger partial charge in [-0.2, -0.15) is 0 Å². The SMILES string of the molecule is C=CCNc1ccnc(C(=O)NCCOc2ccc(OC)cc2)c1. The third-order valence-electron chi connectivity index (χ3n) is 3.16. The molecule has 2 rings (SSSR count). The molecule has 24 heavy (non-hydrogen) atoms. The number of hydrogen-bond donors (Lipinski definition) is 2. The number of hydrogen-bond acceptors (Lipinski definition) is 5. The van der Waals surface area contributed by atoms with Gasteiger partial charge in [0, 0.05) is 18.4 Å². The van der Waals surface area contributed by atoms with Gasteiger partial charge in [-0.25, -0.2) is 0 Å². The number of carbonyl (C=O) groups is 1. The van der Waals surface area contributed by atoms with Crippen LogP contribution in [0.1, 0.15) is 10.5 Å². The van der Waals surface area contributed by atoms with Gasteiger partial charge in [0.1, 0.15) is 23.8 Å². The minimum absolute atomic E-state index is 0.240.